The average Bonchev–Trinajstić information content (AvgIpc) is 3.08. The van der Waals surface area contributed by atoms with Crippen molar-refractivity contribution in [2.45, 2.75) is 38.3 Å². The molecule has 0 radical (unpaired) electrons. The van der Waals surface area contributed by atoms with Gasteiger partial charge in [0.1, 0.15) is 17.8 Å². The van der Waals surface area contributed by atoms with Gasteiger partial charge >= 0.3 is 6.36 Å². The molecule has 2 heterocycles. The Balaban J connectivity index is 2.02. The third-order valence-electron chi connectivity index (χ3n) is 4.01. The van der Waals surface area contributed by atoms with Crippen molar-refractivity contribution in [3.05, 3.63) is 47.7 Å². The summed E-state index contributed by atoms with van der Waals surface area (Å²) in [6.07, 6.45) is -6.94. The van der Waals surface area contributed by atoms with Gasteiger partial charge in [0.05, 0.1) is 11.6 Å². The quantitative estimate of drug-likeness (QED) is 0.569. The Morgan fingerprint density at radius 3 is 2.43 bits per heavy atom. The van der Waals surface area contributed by atoms with Gasteiger partial charge in [0.2, 0.25) is 0 Å². The Bertz CT molecular complexity index is 1050. The predicted molar refractivity (Wildman–Crippen MR) is 91.5 cm³/mol. The van der Waals surface area contributed by atoms with Crippen molar-refractivity contribution in [2.75, 3.05) is 5.32 Å². The highest BCUT2D eigenvalue weighted by molar-refractivity contribution is 5.48. The molecule has 7 nitrogen and oxygen atoms in total. The fourth-order valence-corrected chi connectivity index (χ4v) is 2.76. The molecule has 0 saturated carbocycles. The van der Waals surface area contributed by atoms with E-state index in [0.29, 0.717) is 0 Å². The van der Waals surface area contributed by atoms with Crippen LogP contribution in [-0.4, -0.2) is 36.7 Å². The van der Waals surface area contributed by atoms with Gasteiger partial charge in [-0.15, -0.1) is 13.2 Å². The zero-order valence-corrected chi connectivity index (χ0v) is 15.5. The lowest BCUT2D eigenvalue weighted by atomic mass is 9.91. The Kier molecular flexibility index (Phi) is 5.50. The number of hydrogen-bond donors (Lipinski definition) is 2. The van der Waals surface area contributed by atoms with Crippen LogP contribution in [0, 0.1) is 5.82 Å². The van der Waals surface area contributed by atoms with Crippen LogP contribution in [0.5, 0.6) is 5.75 Å². The van der Waals surface area contributed by atoms with Gasteiger partial charge in [0.25, 0.3) is 12.2 Å². The minimum Gasteiger partial charge on any atom is -0.403 e. The van der Waals surface area contributed by atoms with Gasteiger partial charge in [-0.25, -0.2) is 18.2 Å². The smallest absolute Gasteiger partial charge is 0.403 e. The summed E-state index contributed by atoms with van der Waals surface area (Å²) in [4.78, 5) is 7.40. The van der Waals surface area contributed by atoms with Crippen molar-refractivity contribution in [2.24, 2.45) is 0 Å². The van der Waals surface area contributed by atoms with Crippen LogP contribution >= 0.6 is 0 Å². The number of alkyl halides is 5. The van der Waals surface area contributed by atoms with Crippen molar-refractivity contribution in [3.8, 4) is 5.75 Å². The molecule has 1 aromatic carbocycles. The van der Waals surface area contributed by atoms with Crippen LogP contribution in [0.4, 0.5) is 32.2 Å². The van der Waals surface area contributed by atoms with Gasteiger partial charge in [0, 0.05) is 6.07 Å². The summed E-state index contributed by atoms with van der Waals surface area (Å²) in [6.45, 7) is 2.69. The highest BCUT2D eigenvalue weighted by Crippen LogP contribution is 2.34. The lowest BCUT2D eigenvalue weighted by molar-refractivity contribution is -0.275. The summed E-state index contributed by atoms with van der Waals surface area (Å²) < 4.78 is 82.2. The van der Waals surface area contributed by atoms with Crippen molar-refractivity contribution >= 4 is 11.6 Å². The second-order valence-electron chi connectivity index (χ2n) is 6.81. The number of aromatic nitrogens is 4. The summed E-state index contributed by atoms with van der Waals surface area (Å²) in [6, 6.07) is 2.42. The first-order valence-corrected chi connectivity index (χ1v) is 8.38. The molecule has 1 unspecified atom stereocenters. The Morgan fingerprint density at radius 1 is 1.17 bits per heavy atom. The highest BCUT2D eigenvalue weighted by atomic mass is 19.4. The Morgan fingerprint density at radius 2 is 1.87 bits per heavy atom. The summed E-state index contributed by atoms with van der Waals surface area (Å²) in [7, 11) is 0. The SMILES string of the molecule is CC(C)(O)C(Nc1cc(C(F)F)nc2ncnn12)c1ccc(OC(F)(F)F)c(F)c1. The van der Waals surface area contributed by atoms with E-state index in [1.807, 2.05) is 0 Å². The van der Waals surface area contributed by atoms with Gasteiger partial charge in [0.15, 0.2) is 11.6 Å². The standard InChI is InChI=1S/C17H15F6N5O2/c1-16(2,29)13(8-3-4-11(9(18)5-8)30-17(21,22)23)27-12-6-10(14(19)20)26-15-24-7-25-28(12)15/h3-7,13-14,27,29H,1-2H3. The van der Waals surface area contributed by atoms with Crippen LogP contribution in [0.15, 0.2) is 30.6 Å². The first kappa shape index (κ1) is 21.6. The van der Waals surface area contributed by atoms with Crippen LogP contribution in [0.2, 0.25) is 0 Å². The van der Waals surface area contributed by atoms with E-state index in [1.165, 1.54) is 13.8 Å². The summed E-state index contributed by atoms with van der Waals surface area (Å²) in [5, 5.41) is 17.2. The van der Waals surface area contributed by atoms with Gasteiger partial charge in [-0.1, -0.05) is 6.07 Å². The van der Waals surface area contributed by atoms with Crippen LogP contribution in [-0.2, 0) is 0 Å². The minimum atomic E-state index is -5.09. The number of nitrogens with one attached hydrogen (secondary N) is 1. The fraction of sp³-hybridized carbons (Fsp3) is 0.353. The zero-order valence-electron chi connectivity index (χ0n) is 15.5. The third-order valence-corrected chi connectivity index (χ3v) is 4.01. The van der Waals surface area contributed by atoms with E-state index < -0.39 is 41.7 Å². The molecule has 0 aliphatic carbocycles. The number of fused-ring (bicyclic) bond motifs is 1. The maximum atomic E-state index is 14.2. The molecule has 1 atom stereocenters. The van der Waals surface area contributed by atoms with Gasteiger partial charge in [-0.2, -0.15) is 14.6 Å². The predicted octanol–water partition coefficient (Wildman–Crippen LogP) is 4.02. The number of benzene rings is 1. The molecule has 0 amide bonds. The minimum absolute atomic E-state index is 0.0261. The number of anilines is 1. The molecule has 3 rings (SSSR count). The number of aliphatic hydroxyl groups is 1. The van der Waals surface area contributed by atoms with Crippen molar-refractivity contribution < 1.29 is 36.2 Å². The molecule has 0 spiro atoms. The number of nitrogens with zero attached hydrogens (tertiary/aromatic N) is 4. The molecule has 3 aromatic rings. The Hall–Kier alpha value is -3.09. The van der Waals surface area contributed by atoms with Gasteiger partial charge < -0.3 is 15.2 Å². The molecular weight excluding hydrogens is 420 g/mol. The summed E-state index contributed by atoms with van der Waals surface area (Å²) in [5.74, 6) is -2.57. The van der Waals surface area contributed by atoms with Crippen LogP contribution in [0.1, 0.15) is 37.6 Å². The van der Waals surface area contributed by atoms with Crippen molar-refractivity contribution in [1.29, 1.82) is 0 Å². The lowest BCUT2D eigenvalue weighted by Crippen LogP contribution is -2.35. The molecule has 0 bridgehead atoms. The lowest BCUT2D eigenvalue weighted by Gasteiger charge is -2.31. The molecule has 0 aliphatic heterocycles. The topological polar surface area (TPSA) is 84.6 Å². The maximum Gasteiger partial charge on any atom is 0.573 e. The van der Waals surface area contributed by atoms with E-state index in [-0.39, 0.29) is 17.2 Å². The van der Waals surface area contributed by atoms with Crippen LogP contribution in [0.3, 0.4) is 0 Å². The van der Waals surface area contributed by atoms with E-state index in [9.17, 15) is 31.4 Å². The number of hydrogen-bond acceptors (Lipinski definition) is 6. The number of ether oxygens (including phenoxy) is 1. The van der Waals surface area contributed by atoms with E-state index in [1.54, 1.807) is 0 Å². The fourth-order valence-electron chi connectivity index (χ4n) is 2.76. The van der Waals surface area contributed by atoms with Crippen molar-refractivity contribution in [3.63, 3.8) is 0 Å². The highest BCUT2D eigenvalue weighted by Gasteiger charge is 2.34. The Labute approximate surface area is 165 Å². The monoisotopic (exact) mass is 435 g/mol. The molecule has 2 N–H and O–H groups in total. The third kappa shape index (κ3) is 4.72. The molecule has 13 heteroatoms. The second-order valence-corrected chi connectivity index (χ2v) is 6.81. The van der Waals surface area contributed by atoms with Gasteiger partial charge in [-0.05, 0) is 31.5 Å². The average molecular weight is 435 g/mol. The van der Waals surface area contributed by atoms with Gasteiger partial charge in [-0.3, -0.25) is 0 Å². The molecule has 0 aliphatic rings. The number of rotatable bonds is 6. The van der Waals surface area contributed by atoms with E-state index in [0.717, 1.165) is 35.1 Å². The molecule has 2 aromatic heterocycles. The van der Waals surface area contributed by atoms with E-state index >= 15 is 0 Å². The molecule has 162 valence electrons. The molecular formula is C17H15F6N5O2. The number of halogens is 6. The summed E-state index contributed by atoms with van der Waals surface area (Å²) in [5.41, 5.74) is -2.20. The first-order chi connectivity index (χ1) is 13.8. The van der Waals surface area contributed by atoms with E-state index in [2.05, 4.69) is 25.1 Å². The zero-order chi connectivity index (χ0) is 22.3. The molecule has 0 saturated heterocycles. The largest absolute Gasteiger partial charge is 0.573 e. The molecule has 30 heavy (non-hydrogen) atoms. The van der Waals surface area contributed by atoms with Crippen LogP contribution < -0.4 is 10.1 Å². The second kappa shape index (κ2) is 7.63. The van der Waals surface area contributed by atoms with E-state index in [4.69, 9.17) is 0 Å². The summed E-state index contributed by atoms with van der Waals surface area (Å²) >= 11 is 0. The first-order valence-electron chi connectivity index (χ1n) is 8.38. The van der Waals surface area contributed by atoms with Crippen molar-refractivity contribution in [1.82, 2.24) is 19.6 Å². The van der Waals surface area contributed by atoms with Crippen LogP contribution in [0.25, 0.3) is 5.78 Å². The molecule has 0 fully saturated rings. The maximum absolute atomic E-state index is 14.2. The normalized spacial score (nSPS) is 13.7.